The quantitative estimate of drug-likeness (QED) is 0.0674. The zero-order valence-electron chi connectivity index (χ0n) is 34.6. The molecule has 4 N–H and O–H groups in total. The van der Waals surface area contributed by atoms with Crippen LogP contribution >= 0.6 is 0 Å². The highest BCUT2D eigenvalue weighted by Gasteiger charge is 2.26. The molecule has 56 heavy (non-hydrogen) atoms. The van der Waals surface area contributed by atoms with Gasteiger partial charge in [-0.1, -0.05) is 56.0 Å². The van der Waals surface area contributed by atoms with E-state index in [1.807, 2.05) is 77.9 Å². The normalized spacial score (nSPS) is 16.9. The lowest BCUT2D eigenvalue weighted by molar-refractivity contribution is 0.0488. The molecule has 1 aromatic carbocycles. The van der Waals surface area contributed by atoms with Crippen LogP contribution in [-0.2, 0) is 20.9 Å². The molecule has 1 aliphatic rings. The largest absolute Gasteiger partial charge is 0.444 e. The number of carbonyl (C=O) groups excluding carboxylic acids is 2. The number of amides is 2. The molecule has 2 amide bonds. The Balaban J connectivity index is 1.33. The predicted molar refractivity (Wildman–Crippen MR) is 223 cm³/mol. The summed E-state index contributed by atoms with van der Waals surface area (Å²) in [7, 11) is -1.29. The summed E-state index contributed by atoms with van der Waals surface area (Å²) >= 11 is 0. The van der Waals surface area contributed by atoms with E-state index in [4.69, 9.17) is 34.3 Å². The van der Waals surface area contributed by atoms with Crippen molar-refractivity contribution in [1.29, 1.82) is 0 Å². The van der Waals surface area contributed by atoms with Crippen LogP contribution in [0, 0.1) is 0 Å². The smallest absolute Gasteiger partial charge is 0.407 e. The van der Waals surface area contributed by atoms with Crippen molar-refractivity contribution in [2.24, 2.45) is 0 Å². The molecule has 14 nitrogen and oxygen atoms in total. The molecule has 5 rings (SSSR count). The van der Waals surface area contributed by atoms with Gasteiger partial charge in [0.1, 0.15) is 29.4 Å². The van der Waals surface area contributed by atoms with Crippen molar-refractivity contribution < 1.29 is 23.8 Å². The number of alkyl carbamates (subject to hydrolysis) is 2. The van der Waals surface area contributed by atoms with Gasteiger partial charge in [0, 0.05) is 39.5 Å². The second-order valence-electron chi connectivity index (χ2n) is 17.7. The van der Waals surface area contributed by atoms with E-state index in [-0.39, 0.29) is 30.9 Å². The third-order valence-corrected chi connectivity index (χ3v) is 10.8. The van der Waals surface area contributed by atoms with E-state index in [2.05, 4.69) is 53.0 Å². The molecule has 0 aliphatic heterocycles. The Morgan fingerprint density at radius 1 is 0.875 bits per heavy atom. The summed E-state index contributed by atoms with van der Waals surface area (Å²) < 4.78 is 18.8. The van der Waals surface area contributed by atoms with Gasteiger partial charge in [0.2, 0.25) is 5.95 Å². The molecule has 1 saturated carbocycles. The summed E-state index contributed by atoms with van der Waals surface area (Å²) in [4.78, 5) is 39.4. The number of rotatable bonds is 15. The van der Waals surface area contributed by atoms with E-state index in [9.17, 15) is 9.59 Å². The van der Waals surface area contributed by atoms with Crippen LogP contribution in [-0.4, -0.2) is 81.4 Å². The predicted octanol–water partition coefficient (Wildman–Crippen LogP) is 8.52. The Hall–Kier alpha value is -4.76. The average Bonchev–Trinajstić information content (AvgIpc) is 3.47. The number of carbonyl (C=O) groups is 2. The number of pyridine rings is 1. The summed E-state index contributed by atoms with van der Waals surface area (Å²) in [5, 5.41) is 18.8. The number of hydrogen-bond acceptors (Lipinski definition) is 11. The number of aromatic nitrogens is 5. The van der Waals surface area contributed by atoms with Gasteiger partial charge >= 0.3 is 12.2 Å². The Morgan fingerprint density at radius 2 is 1.55 bits per heavy atom. The van der Waals surface area contributed by atoms with E-state index in [1.165, 1.54) is 0 Å². The standard InChI is InChI=1S/C41H61N9O5Si/c1-40(2,3)54-38(51)42-23-22-32(28-14-11-10-12-15-28)46-34-17-13-16-33(47-34)35-31-26-43-37(48-36(31)50(49-35)27-53-24-25-56(7,8)9)44-29-18-20-30(21-19-29)45-39(52)55-41(4,5)6/h10-17,26,29-30,32H,18-25,27H2,1-9H3,(H,42,51)(H,45,52)(H,46,47)(H,43,44,48). The first-order chi connectivity index (χ1) is 26.4. The number of nitrogens with one attached hydrogen (secondary N) is 4. The SMILES string of the molecule is CC(C)(C)OC(=O)NCCC(Nc1cccc(-c2nn(COCC[Si](C)(C)C)c3nc(NC4CCC(NC(=O)OC(C)(C)C)CC4)ncc23)n1)c1ccccc1. The van der Waals surface area contributed by atoms with Gasteiger partial charge in [-0.25, -0.2) is 24.2 Å². The third-order valence-electron chi connectivity index (χ3n) is 9.10. The lowest BCUT2D eigenvalue weighted by Gasteiger charge is -2.30. The molecule has 1 fully saturated rings. The fourth-order valence-corrected chi connectivity index (χ4v) is 7.10. The van der Waals surface area contributed by atoms with Gasteiger partial charge in [0.05, 0.1) is 17.1 Å². The monoisotopic (exact) mass is 787 g/mol. The third kappa shape index (κ3) is 13.5. The van der Waals surface area contributed by atoms with Gasteiger partial charge in [-0.2, -0.15) is 10.1 Å². The first-order valence-electron chi connectivity index (χ1n) is 19.7. The first kappa shape index (κ1) is 42.4. The van der Waals surface area contributed by atoms with Gasteiger partial charge in [-0.05, 0) is 97.4 Å². The van der Waals surface area contributed by atoms with E-state index in [0.29, 0.717) is 48.4 Å². The topological polar surface area (TPSA) is 166 Å². The van der Waals surface area contributed by atoms with Crippen molar-refractivity contribution in [3.05, 3.63) is 60.3 Å². The Bertz CT molecular complexity index is 1900. The Labute approximate surface area is 332 Å². The average molecular weight is 788 g/mol. The van der Waals surface area contributed by atoms with Gasteiger partial charge in [0.25, 0.3) is 0 Å². The molecular formula is C41H61N9O5Si. The minimum Gasteiger partial charge on any atom is -0.444 e. The number of benzene rings is 1. The van der Waals surface area contributed by atoms with Crippen molar-refractivity contribution in [3.8, 4) is 11.4 Å². The number of anilines is 2. The summed E-state index contributed by atoms with van der Waals surface area (Å²) in [6.45, 7) is 19.4. The highest BCUT2D eigenvalue weighted by atomic mass is 28.3. The molecule has 1 unspecified atom stereocenters. The molecule has 0 radical (unpaired) electrons. The Morgan fingerprint density at radius 3 is 2.23 bits per heavy atom. The van der Waals surface area contributed by atoms with Crippen molar-refractivity contribution in [2.45, 2.75) is 135 Å². The van der Waals surface area contributed by atoms with Crippen molar-refractivity contribution in [2.75, 3.05) is 23.8 Å². The van der Waals surface area contributed by atoms with Crippen LogP contribution in [0.5, 0.6) is 0 Å². The van der Waals surface area contributed by atoms with Crippen LogP contribution in [0.4, 0.5) is 21.4 Å². The van der Waals surface area contributed by atoms with Crippen molar-refractivity contribution in [1.82, 2.24) is 35.4 Å². The highest BCUT2D eigenvalue weighted by Crippen LogP contribution is 2.30. The molecule has 3 aromatic heterocycles. The first-order valence-corrected chi connectivity index (χ1v) is 23.4. The zero-order valence-corrected chi connectivity index (χ0v) is 35.6. The molecule has 0 spiro atoms. The zero-order chi connectivity index (χ0) is 40.5. The summed E-state index contributed by atoms with van der Waals surface area (Å²) in [6.07, 6.45) is 4.95. The van der Waals surface area contributed by atoms with Crippen LogP contribution in [0.2, 0.25) is 25.7 Å². The van der Waals surface area contributed by atoms with E-state index < -0.39 is 25.4 Å². The fraction of sp³-hybridized carbons (Fsp3) is 0.561. The van der Waals surface area contributed by atoms with Crippen LogP contribution in [0.1, 0.15) is 85.3 Å². The molecule has 15 heteroatoms. The maximum absolute atomic E-state index is 12.4. The molecular weight excluding hydrogens is 727 g/mol. The molecule has 304 valence electrons. The number of nitrogens with zero attached hydrogens (tertiary/aromatic N) is 5. The van der Waals surface area contributed by atoms with E-state index in [1.54, 1.807) is 10.9 Å². The molecule has 3 heterocycles. The molecule has 0 bridgehead atoms. The highest BCUT2D eigenvalue weighted by molar-refractivity contribution is 6.76. The number of hydrogen-bond donors (Lipinski definition) is 4. The van der Waals surface area contributed by atoms with Gasteiger partial charge in [-0.15, -0.1) is 0 Å². The maximum Gasteiger partial charge on any atom is 0.407 e. The van der Waals surface area contributed by atoms with Crippen molar-refractivity contribution in [3.63, 3.8) is 0 Å². The number of ether oxygens (including phenoxy) is 3. The summed E-state index contributed by atoms with van der Waals surface area (Å²) in [5.41, 5.74) is 1.93. The van der Waals surface area contributed by atoms with E-state index >= 15 is 0 Å². The van der Waals surface area contributed by atoms with Gasteiger partial charge < -0.3 is 35.5 Å². The fourth-order valence-electron chi connectivity index (χ4n) is 6.34. The molecule has 1 aliphatic carbocycles. The Kier molecular flexibility index (Phi) is 14.0. The molecule has 4 aromatic rings. The van der Waals surface area contributed by atoms with Crippen LogP contribution in [0.25, 0.3) is 22.4 Å². The lowest BCUT2D eigenvalue weighted by atomic mass is 9.91. The van der Waals surface area contributed by atoms with Crippen LogP contribution in [0.15, 0.2) is 54.7 Å². The second-order valence-corrected chi connectivity index (χ2v) is 23.3. The van der Waals surface area contributed by atoms with Gasteiger partial charge in [-0.3, -0.25) is 0 Å². The maximum atomic E-state index is 12.4. The van der Waals surface area contributed by atoms with Crippen LogP contribution in [0.3, 0.4) is 0 Å². The number of fused-ring (bicyclic) bond motifs is 1. The minimum absolute atomic E-state index is 0.0678. The van der Waals surface area contributed by atoms with Crippen molar-refractivity contribution >= 4 is 43.1 Å². The minimum atomic E-state index is -1.29. The molecule has 0 saturated heterocycles. The second kappa shape index (κ2) is 18.5. The lowest BCUT2D eigenvalue weighted by Crippen LogP contribution is -2.42. The van der Waals surface area contributed by atoms with Crippen LogP contribution < -0.4 is 21.3 Å². The summed E-state index contributed by atoms with van der Waals surface area (Å²) in [5.74, 6) is 1.18. The molecule has 1 atom stereocenters. The van der Waals surface area contributed by atoms with E-state index in [0.717, 1.165) is 42.7 Å². The summed E-state index contributed by atoms with van der Waals surface area (Å²) in [6, 6.07) is 17.0. The van der Waals surface area contributed by atoms with Gasteiger partial charge in [0.15, 0.2) is 5.65 Å².